The minimum Gasteiger partial charge on any atom is -0.491 e. The third kappa shape index (κ3) is 6.93. The lowest BCUT2D eigenvalue weighted by atomic mass is 9.83. The Labute approximate surface area is 313 Å². The van der Waals surface area contributed by atoms with Crippen LogP contribution in [0, 0.1) is 17.1 Å². The summed E-state index contributed by atoms with van der Waals surface area (Å²) >= 11 is 12.0. The van der Waals surface area contributed by atoms with Crippen molar-refractivity contribution in [1.29, 1.82) is 5.26 Å². The van der Waals surface area contributed by atoms with Crippen molar-refractivity contribution in [3.05, 3.63) is 104 Å². The van der Waals surface area contributed by atoms with Crippen molar-refractivity contribution in [2.75, 3.05) is 31.7 Å². The average molecular weight is 787 g/mol. The van der Waals surface area contributed by atoms with Gasteiger partial charge in [-0.1, -0.05) is 35.3 Å². The van der Waals surface area contributed by atoms with Gasteiger partial charge in [-0.05, 0) is 48.4 Å². The lowest BCUT2D eigenvalue weighted by molar-refractivity contribution is -0.286. The van der Waals surface area contributed by atoms with E-state index in [4.69, 9.17) is 37.4 Å². The summed E-state index contributed by atoms with van der Waals surface area (Å²) < 4.78 is 76.3. The third-order valence-electron chi connectivity index (χ3n) is 9.05. The fraction of sp³-hybridized carbons (Fsp3) is 0.314. The Hall–Kier alpha value is -5.28. The number of aromatic amines is 2. The quantitative estimate of drug-likeness (QED) is 0.0832. The van der Waals surface area contributed by atoms with Gasteiger partial charge < -0.3 is 24.5 Å². The maximum atomic E-state index is 14.6. The number of ether oxygens (including phenoxy) is 3. The summed E-state index contributed by atoms with van der Waals surface area (Å²) in [7, 11) is 1.75. The minimum absolute atomic E-state index is 0.0546. The molecular weight excluding hydrogens is 757 g/mol. The van der Waals surface area contributed by atoms with E-state index in [1.807, 2.05) is 12.1 Å². The Morgan fingerprint density at radius 1 is 1.04 bits per heavy atom. The predicted octanol–water partition coefficient (Wildman–Crippen LogP) is 6.85. The molecule has 3 N–H and O–H groups in total. The van der Waals surface area contributed by atoms with Gasteiger partial charge >= 0.3 is 6.18 Å². The smallest absolute Gasteiger partial charge is 0.425 e. The Morgan fingerprint density at radius 3 is 2.54 bits per heavy atom. The first-order valence-electron chi connectivity index (χ1n) is 16.5. The summed E-state index contributed by atoms with van der Waals surface area (Å²) in [6.45, 7) is -0.0621. The maximum absolute atomic E-state index is 14.6. The second-order valence-corrected chi connectivity index (χ2v) is 13.2. The van der Waals surface area contributed by atoms with Gasteiger partial charge in [-0.15, -0.1) is 0 Å². The van der Waals surface area contributed by atoms with Gasteiger partial charge in [0.2, 0.25) is 5.60 Å². The fourth-order valence-corrected chi connectivity index (χ4v) is 6.82. The SMILES string of the molecule is Cn1ncnc1[C@H]1c2n[nH]c(=O)c3cc(F)cc(c23)N[C@@H]1c1ccc(OCCOCCCO[C@@](CC#N)(c2nc3cc(Cl)c(Cl)cc3[nH]2)C(F)(F)F)cc1. The van der Waals surface area contributed by atoms with Crippen LogP contribution in [0.25, 0.3) is 21.8 Å². The van der Waals surface area contributed by atoms with Crippen LogP contribution in [0.3, 0.4) is 0 Å². The molecule has 0 unspecified atom stereocenters. The van der Waals surface area contributed by atoms with E-state index in [-0.39, 0.29) is 59.3 Å². The molecule has 54 heavy (non-hydrogen) atoms. The summed E-state index contributed by atoms with van der Waals surface area (Å²) in [4.78, 5) is 23.6. The number of hydrogen-bond donors (Lipinski definition) is 3. The fourth-order valence-electron chi connectivity index (χ4n) is 6.50. The van der Waals surface area contributed by atoms with Gasteiger partial charge in [0.15, 0.2) is 0 Å². The predicted molar refractivity (Wildman–Crippen MR) is 189 cm³/mol. The number of H-pyrrole nitrogens is 2. The highest BCUT2D eigenvalue weighted by Crippen LogP contribution is 2.47. The number of aryl methyl sites for hydroxylation is 1. The number of anilines is 1. The molecule has 0 saturated carbocycles. The van der Waals surface area contributed by atoms with Crippen LogP contribution in [-0.4, -0.2) is 67.5 Å². The molecule has 4 heterocycles. The van der Waals surface area contributed by atoms with Crippen LogP contribution in [-0.2, 0) is 22.1 Å². The highest BCUT2D eigenvalue weighted by atomic mass is 35.5. The molecule has 0 aliphatic carbocycles. The van der Waals surface area contributed by atoms with E-state index in [1.165, 1.54) is 30.6 Å². The van der Waals surface area contributed by atoms with Crippen LogP contribution in [0.2, 0.25) is 10.0 Å². The Morgan fingerprint density at radius 2 is 1.81 bits per heavy atom. The van der Waals surface area contributed by atoms with E-state index in [2.05, 4.69) is 35.6 Å². The van der Waals surface area contributed by atoms with Gasteiger partial charge in [0.1, 0.15) is 36.1 Å². The first kappa shape index (κ1) is 37.1. The van der Waals surface area contributed by atoms with E-state index in [0.29, 0.717) is 28.3 Å². The normalized spacial score (nSPS) is 16.6. The van der Waals surface area contributed by atoms with Crippen molar-refractivity contribution < 1.29 is 31.8 Å². The molecule has 1 aliphatic heterocycles. The van der Waals surface area contributed by atoms with Crippen molar-refractivity contribution in [3.8, 4) is 11.8 Å². The molecule has 0 radical (unpaired) electrons. The number of aromatic nitrogens is 7. The highest BCUT2D eigenvalue weighted by Gasteiger charge is 2.59. The van der Waals surface area contributed by atoms with E-state index in [9.17, 15) is 27.6 Å². The van der Waals surface area contributed by atoms with Gasteiger partial charge in [-0.2, -0.15) is 28.6 Å². The molecule has 0 bridgehead atoms. The molecule has 3 aromatic carbocycles. The van der Waals surface area contributed by atoms with Gasteiger partial charge in [0, 0.05) is 24.7 Å². The lowest BCUT2D eigenvalue weighted by Crippen LogP contribution is -2.46. The first-order valence-corrected chi connectivity index (χ1v) is 17.2. The van der Waals surface area contributed by atoms with Crippen molar-refractivity contribution in [1.82, 2.24) is 34.9 Å². The second-order valence-electron chi connectivity index (χ2n) is 12.4. The summed E-state index contributed by atoms with van der Waals surface area (Å²) in [5.74, 6) is -0.566. The van der Waals surface area contributed by atoms with Crippen LogP contribution >= 0.6 is 23.2 Å². The van der Waals surface area contributed by atoms with E-state index in [1.54, 1.807) is 29.9 Å². The zero-order valence-electron chi connectivity index (χ0n) is 28.2. The molecule has 0 saturated heterocycles. The summed E-state index contributed by atoms with van der Waals surface area (Å²) in [6.07, 6.45) is -4.52. The number of fused-ring (bicyclic) bond motifs is 1. The molecule has 13 nitrogen and oxygen atoms in total. The van der Waals surface area contributed by atoms with Gasteiger partial charge in [0.25, 0.3) is 5.56 Å². The molecule has 0 amide bonds. The monoisotopic (exact) mass is 785 g/mol. The molecule has 6 aromatic rings. The van der Waals surface area contributed by atoms with Crippen molar-refractivity contribution in [2.24, 2.45) is 7.05 Å². The molecule has 3 atom stereocenters. The molecule has 280 valence electrons. The number of rotatable bonds is 13. The minimum atomic E-state index is -4.98. The molecule has 3 aromatic heterocycles. The molecule has 1 aliphatic rings. The zero-order chi connectivity index (χ0) is 38.2. The summed E-state index contributed by atoms with van der Waals surface area (Å²) in [5.41, 5.74) is -1.45. The molecule has 0 fully saturated rings. The summed E-state index contributed by atoms with van der Waals surface area (Å²) in [6, 6.07) is 13.4. The van der Waals surface area contributed by atoms with E-state index < -0.39 is 47.4 Å². The molecule has 7 rings (SSSR count). The zero-order valence-corrected chi connectivity index (χ0v) is 29.7. The van der Waals surface area contributed by atoms with E-state index >= 15 is 0 Å². The van der Waals surface area contributed by atoms with Gasteiger partial charge in [-0.3, -0.25) is 9.48 Å². The lowest BCUT2D eigenvalue weighted by Gasteiger charge is -2.33. The Bertz CT molecular complexity index is 2390. The number of nitriles is 1. The highest BCUT2D eigenvalue weighted by molar-refractivity contribution is 6.42. The Balaban J connectivity index is 0.957. The number of hydrogen-bond acceptors (Lipinski definition) is 10. The third-order valence-corrected chi connectivity index (χ3v) is 9.78. The number of imidazole rings is 1. The second kappa shape index (κ2) is 14.9. The number of halogens is 6. The van der Waals surface area contributed by atoms with Gasteiger partial charge in [0.05, 0.1) is 69.8 Å². The standard InChI is InChI=1S/C35H29Cl2F4N9O4/c1-50-31(43-17-44-50)28-29(45-26-14-19(38)13-21-27(26)30(28)48-49-32(21)51)18-3-5-20(6-4-18)53-12-11-52-9-2-10-54-34(7-8-42,35(39,40)41)33-46-24-15-22(36)23(37)16-25(24)47-33/h3-6,13-17,28-29,45H,2,7,9-12H2,1H3,(H,46,47)(H,49,51)/t28-,29-,34+/m1/s1. The number of alkyl halides is 3. The number of benzene rings is 3. The average Bonchev–Trinajstić information content (AvgIpc) is 3.75. The van der Waals surface area contributed by atoms with Crippen LogP contribution in [0.4, 0.5) is 23.2 Å². The van der Waals surface area contributed by atoms with Crippen molar-refractivity contribution in [3.63, 3.8) is 0 Å². The topological polar surface area (TPSA) is 169 Å². The maximum Gasteiger partial charge on any atom is 0.425 e. The summed E-state index contributed by atoms with van der Waals surface area (Å²) in [5, 5.41) is 24.7. The number of nitrogens with zero attached hydrogens (tertiary/aromatic N) is 6. The van der Waals surface area contributed by atoms with E-state index in [0.717, 1.165) is 5.56 Å². The molecule has 19 heteroatoms. The van der Waals surface area contributed by atoms with Crippen molar-refractivity contribution in [2.45, 2.75) is 36.6 Å². The molecular formula is C35H29Cl2F4N9O4. The molecule has 0 spiro atoms. The van der Waals surface area contributed by atoms with Crippen LogP contribution in [0.15, 0.2) is 59.7 Å². The number of nitrogens with one attached hydrogen (secondary N) is 3. The van der Waals surface area contributed by atoms with Gasteiger partial charge in [-0.25, -0.2) is 19.5 Å². The first-order chi connectivity index (χ1) is 25.9. The van der Waals surface area contributed by atoms with Crippen LogP contribution < -0.4 is 15.6 Å². The Kier molecular flexibility index (Phi) is 10.2. The van der Waals surface area contributed by atoms with Crippen LogP contribution in [0.1, 0.15) is 47.7 Å². The van der Waals surface area contributed by atoms with Crippen molar-refractivity contribution >= 4 is 50.7 Å². The largest absolute Gasteiger partial charge is 0.491 e. The van der Waals surface area contributed by atoms with Crippen LogP contribution in [0.5, 0.6) is 5.75 Å².